The summed E-state index contributed by atoms with van der Waals surface area (Å²) in [5.74, 6) is 2.63. The van der Waals surface area contributed by atoms with Crippen LogP contribution in [0.4, 0.5) is 0 Å². The van der Waals surface area contributed by atoms with Gasteiger partial charge in [0.2, 0.25) is 0 Å². The Bertz CT molecular complexity index is 1900. The molecule has 0 aliphatic rings. The van der Waals surface area contributed by atoms with Crippen LogP contribution in [0.25, 0.3) is 22.0 Å². The van der Waals surface area contributed by atoms with E-state index in [1.165, 1.54) is 0 Å². The van der Waals surface area contributed by atoms with E-state index in [-0.39, 0.29) is 5.56 Å². The Kier molecular flexibility index (Phi) is 7.73. The fourth-order valence-electron chi connectivity index (χ4n) is 4.96. The van der Waals surface area contributed by atoms with Crippen LogP contribution in [0, 0.1) is 12.3 Å². The quantitative estimate of drug-likeness (QED) is 0.149. The summed E-state index contributed by atoms with van der Waals surface area (Å²) < 4.78 is 26.0. The van der Waals surface area contributed by atoms with Crippen molar-refractivity contribution in [2.45, 2.75) is 5.60 Å². The zero-order valence-electron chi connectivity index (χ0n) is 22.1. The van der Waals surface area contributed by atoms with Gasteiger partial charge < -0.3 is 23.7 Å². The Morgan fingerprint density at radius 3 is 2.44 bits per heavy atom. The maximum Gasteiger partial charge on any atom is 0.471 e. The molecule has 0 saturated heterocycles. The lowest BCUT2D eigenvalue weighted by molar-refractivity contribution is -0.0775. The summed E-state index contributed by atoms with van der Waals surface area (Å²) in [7, 11) is -1.40. The third-order valence-corrected chi connectivity index (χ3v) is 7.61. The summed E-state index contributed by atoms with van der Waals surface area (Å²) in [6.07, 6.45) is 8.85. The minimum absolute atomic E-state index is 0.201. The van der Waals surface area contributed by atoms with Crippen LogP contribution in [-0.4, -0.2) is 30.7 Å². The molecule has 3 aromatic carbocycles. The molecule has 2 heterocycles. The van der Waals surface area contributed by atoms with Gasteiger partial charge in [0, 0.05) is 36.1 Å². The smallest absolute Gasteiger partial charge is 0.335 e. The van der Waals surface area contributed by atoms with E-state index in [0.29, 0.717) is 38.5 Å². The molecule has 0 aliphatic carbocycles. The third-order valence-electron chi connectivity index (χ3n) is 6.92. The summed E-state index contributed by atoms with van der Waals surface area (Å²) in [5, 5.41) is 1.21. The van der Waals surface area contributed by atoms with E-state index in [1.807, 2.05) is 24.3 Å². The molecule has 41 heavy (non-hydrogen) atoms. The third kappa shape index (κ3) is 5.50. The van der Waals surface area contributed by atoms with Crippen molar-refractivity contribution in [1.29, 1.82) is 0 Å². The summed E-state index contributed by atoms with van der Waals surface area (Å²) in [6, 6.07) is 21.3. The summed E-state index contributed by atoms with van der Waals surface area (Å²) in [6.45, 7) is -0.750. The Morgan fingerprint density at radius 2 is 1.78 bits per heavy atom. The molecule has 1 atom stereocenters. The molecule has 0 bridgehead atoms. The number of aryl methyl sites for hydroxylation is 2. The zero-order valence-corrected chi connectivity index (χ0v) is 23.7. The number of fused-ring (bicyclic) bond motifs is 1. The number of nitrogens with zero attached hydrogens (tertiary/aromatic N) is 3. The van der Waals surface area contributed by atoms with Crippen LogP contribution < -0.4 is 5.56 Å². The maximum absolute atomic E-state index is 13.0. The van der Waals surface area contributed by atoms with E-state index in [0.717, 1.165) is 10.9 Å². The van der Waals surface area contributed by atoms with Gasteiger partial charge in [-0.2, -0.15) is 0 Å². The van der Waals surface area contributed by atoms with Gasteiger partial charge in [-0.05, 0) is 58.7 Å². The molecule has 0 amide bonds. The van der Waals surface area contributed by atoms with Gasteiger partial charge in [0.15, 0.2) is 12.4 Å². The maximum atomic E-state index is 13.0. The average Bonchev–Trinajstić information content (AvgIpc) is 3.39. The normalized spacial score (nSPS) is 13.2. The van der Waals surface area contributed by atoms with E-state index in [1.54, 1.807) is 84.3 Å². The molecule has 0 unspecified atom stereocenters. The van der Waals surface area contributed by atoms with Crippen molar-refractivity contribution in [3.8, 4) is 23.5 Å². The number of ether oxygens (including phenoxy) is 1. The Balaban J connectivity index is 1.84. The van der Waals surface area contributed by atoms with Crippen LogP contribution in [0.3, 0.4) is 0 Å². The highest BCUT2D eigenvalue weighted by Crippen LogP contribution is 2.44. The van der Waals surface area contributed by atoms with Crippen LogP contribution >= 0.6 is 19.4 Å². The van der Waals surface area contributed by atoms with Crippen molar-refractivity contribution in [3.63, 3.8) is 0 Å². The average molecular weight is 590 g/mol. The van der Waals surface area contributed by atoms with Crippen molar-refractivity contribution in [2.75, 3.05) is 6.79 Å². The Labute approximate surface area is 240 Å². The van der Waals surface area contributed by atoms with E-state index >= 15 is 0 Å². The lowest BCUT2D eigenvalue weighted by atomic mass is 9.82. The van der Waals surface area contributed by atoms with Crippen LogP contribution in [0.5, 0.6) is 0 Å². The molecule has 2 aromatic heterocycles. The van der Waals surface area contributed by atoms with Crippen LogP contribution in [0.1, 0.15) is 22.4 Å². The van der Waals surface area contributed by atoms with Crippen molar-refractivity contribution in [2.24, 2.45) is 14.1 Å². The highest BCUT2D eigenvalue weighted by molar-refractivity contribution is 7.46. The highest BCUT2D eigenvalue weighted by atomic mass is 35.5. The van der Waals surface area contributed by atoms with E-state index < -0.39 is 20.2 Å². The SMILES string of the molecule is C#Cc1cccc(-c2cc(=O)n(C)c3ccc([C@](OCOP(=O)(O)O)(c4ccc(Cl)cc4)c4cncn4C)cc23)c1. The summed E-state index contributed by atoms with van der Waals surface area (Å²) in [5.41, 5.74) is 2.79. The highest BCUT2D eigenvalue weighted by Gasteiger charge is 2.41. The minimum Gasteiger partial charge on any atom is -0.335 e. The van der Waals surface area contributed by atoms with Gasteiger partial charge in [-0.15, -0.1) is 6.42 Å². The summed E-state index contributed by atoms with van der Waals surface area (Å²) >= 11 is 6.22. The first-order valence-electron chi connectivity index (χ1n) is 12.3. The second kappa shape index (κ2) is 11.1. The number of phosphoric acid groups is 1. The largest absolute Gasteiger partial charge is 0.471 e. The molecule has 9 nitrogen and oxygen atoms in total. The predicted octanol–water partition coefficient (Wildman–Crippen LogP) is 4.95. The number of hydrogen-bond acceptors (Lipinski definition) is 5. The van der Waals surface area contributed by atoms with Crippen molar-refractivity contribution < 1.29 is 23.6 Å². The second-order valence-electron chi connectivity index (χ2n) is 9.37. The summed E-state index contributed by atoms with van der Waals surface area (Å²) in [4.78, 5) is 36.1. The van der Waals surface area contributed by atoms with E-state index in [9.17, 15) is 19.1 Å². The van der Waals surface area contributed by atoms with Gasteiger partial charge in [-0.25, -0.2) is 9.55 Å². The predicted molar refractivity (Wildman–Crippen MR) is 156 cm³/mol. The number of pyridine rings is 1. The van der Waals surface area contributed by atoms with Crippen molar-refractivity contribution in [3.05, 3.63) is 123 Å². The number of terminal acetylenes is 1. The molecule has 0 spiro atoms. The molecule has 11 heteroatoms. The fourth-order valence-corrected chi connectivity index (χ4v) is 5.28. The van der Waals surface area contributed by atoms with Gasteiger partial charge >= 0.3 is 7.82 Å². The van der Waals surface area contributed by atoms with Gasteiger partial charge in [0.1, 0.15) is 0 Å². The van der Waals surface area contributed by atoms with Crippen molar-refractivity contribution >= 4 is 30.3 Å². The molecule has 0 radical (unpaired) electrons. The number of halogens is 1. The first kappa shape index (κ1) is 28.5. The van der Waals surface area contributed by atoms with Gasteiger partial charge in [-0.3, -0.25) is 9.32 Å². The zero-order chi connectivity index (χ0) is 29.4. The second-order valence-corrected chi connectivity index (χ2v) is 11.0. The Hall–Kier alpha value is -4.00. The number of benzene rings is 3. The molecular weight excluding hydrogens is 565 g/mol. The van der Waals surface area contributed by atoms with Crippen LogP contribution in [-0.2, 0) is 33.5 Å². The first-order valence-corrected chi connectivity index (χ1v) is 14.2. The topological polar surface area (TPSA) is 116 Å². The molecule has 0 aliphatic heterocycles. The molecular formula is C30H25ClN3O6P. The molecule has 0 saturated carbocycles. The number of phosphoric ester groups is 1. The van der Waals surface area contributed by atoms with Gasteiger partial charge in [0.05, 0.1) is 23.7 Å². The molecule has 2 N–H and O–H groups in total. The van der Waals surface area contributed by atoms with Crippen LogP contribution in [0.15, 0.2) is 90.1 Å². The van der Waals surface area contributed by atoms with Crippen LogP contribution in [0.2, 0.25) is 5.02 Å². The monoisotopic (exact) mass is 589 g/mol. The number of imidazole rings is 1. The molecule has 0 fully saturated rings. The molecule has 5 rings (SSSR count). The van der Waals surface area contributed by atoms with E-state index in [2.05, 4.69) is 10.9 Å². The number of rotatable bonds is 8. The number of aromatic nitrogens is 3. The Morgan fingerprint density at radius 1 is 1.05 bits per heavy atom. The molecule has 5 aromatic rings. The van der Waals surface area contributed by atoms with Gasteiger partial charge in [-0.1, -0.05) is 47.9 Å². The number of hydrogen-bond donors (Lipinski definition) is 2. The van der Waals surface area contributed by atoms with Crippen molar-refractivity contribution in [1.82, 2.24) is 14.1 Å². The first-order chi connectivity index (χ1) is 19.5. The minimum atomic E-state index is -4.86. The lowest BCUT2D eigenvalue weighted by Gasteiger charge is -2.35. The van der Waals surface area contributed by atoms with Gasteiger partial charge in [0.25, 0.3) is 5.56 Å². The standard InChI is InChI=1S/C30H25ClN3O6P/c1-4-20-6-5-7-21(14-20)25-16-29(35)34(3)27-13-10-23(15-26(25)27)30(28-17-32-18-33(28)2,39-19-40-41(36,37)38)22-8-11-24(31)12-9-22/h1,5-18H,19H2,2-3H3,(H2,36,37,38)/t30-/m1/s1. The van der Waals surface area contributed by atoms with E-state index in [4.69, 9.17) is 27.3 Å². The molecule has 208 valence electrons. The lowest BCUT2D eigenvalue weighted by Crippen LogP contribution is -2.35. The fraction of sp³-hybridized carbons (Fsp3) is 0.133.